The highest BCUT2D eigenvalue weighted by atomic mass is 32.2. The summed E-state index contributed by atoms with van der Waals surface area (Å²) in [4.78, 5) is 12.8. The molecule has 2 rings (SSSR count). The molecule has 0 aliphatic rings. The minimum Gasteiger partial charge on any atom is -0.272 e. The van der Waals surface area contributed by atoms with Crippen molar-refractivity contribution >= 4 is 23.4 Å². The Morgan fingerprint density at radius 1 is 1.05 bits per heavy atom. The fourth-order valence-electron chi connectivity index (χ4n) is 1.59. The Kier molecular flexibility index (Phi) is 5.38. The zero-order valence-corrected chi connectivity index (χ0v) is 12.1. The van der Waals surface area contributed by atoms with E-state index in [4.69, 9.17) is 0 Å². The predicted octanol–water partition coefficient (Wildman–Crippen LogP) is 3.32. The summed E-state index contributed by atoms with van der Waals surface area (Å²) in [7, 11) is 0. The molecule has 0 fully saturated rings. The zero-order valence-electron chi connectivity index (χ0n) is 11.2. The second kappa shape index (κ2) is 7.50. The van der Waals surface area contributed by atoms with Gasteiger partial charge in [-0.15, -0.1) is 11.8 Å². The Hall–Kier alpha value is -2.07. The van der Waals surface area contributed by atoms with Crippen LogP contribution in [0.15, 0.2) is 70.7 Å². The van der Waals surface area contributed by atoms with Gasteiger partial charge in [0.2, 0.25) is 5.91 Å². The summed E-state index contributed by atoms with van der Waals surface area (Å²) < 4.78 is 0. The summed E-state index contributed by atoms with van der Waals surface area (Å²) in [5.74, 6) is 0.254. The molecule has 102 valence electrons. The van der Waals surface area contributed by atoms with E-state index in [9.17, 15) is 4.79 Å². The summed E-state index contributed by atoms with van der Waals surface area (Å²) in [6.07, 6.45) is 0. The molecule has 2 aromatic rings. The monoisotopic (exact) mass is 284 g/mol. The second-order valence-corrected chi connectivity index (χ2v) is 5.25. The summed E-state index contributed by atoms with van der Waals surface area (Å²) in [5.41, 5.74) is 4.38. The van der Waals surface area contributed by atoms with Crippen LogP contribution in [0.25, 0.3) is 0 Å². The van der Waals surface area contributed by atoms with Crippen molar-refractivity contribution in [3.63, 3.8) is 0 Å². The molecule has 0 saturated heterocycles. The van der Waals surface area contributed by atoms with Gasteiger partial charge in [-0.25, -0.2) is 5.43 Å². The summed E-state index contributed by atoms with van der Waals surface area (Å²) in [5, 5.41) is 4.11. The van der Waals surface area contributed by atoms with E-state index in [1.807, 2.05) is 67.6 Å². The zero-order chi connectivity index (χ0) is 14.2. The molecule has 3 nitrogen and oxygen atoms in total. The minimum atomic E-state index is -0.103. The summed E-state index contributed by atoms with van der Waals surface area (Å²) in [6, 6.07) is 19.6. The number of hydrazone groups is 1. The lowest BCUT2D eigenvalue weighted by molar-refractivity contribution is -0.118. The van der Waals surface area contributed by atoms with Crippen LogP contribution in [0.5, 0.6) is 0 Å². The standard InChI is InChI=1S/C16H16N2OS/c1-13(14-8-4-2-5-9-14)17-18-16(19)12-20-15-10-6-3-7-11-15/h2-11H,12H2,1H3,(H,18,19)/b17-13-. The first-order valence-electron chi connectivity index (χ1n) is 6.32. The predicted molar refractivity (Wildman–Crippen MR) is 84.0 cm³/mol. The SMILES string of the molecule is C/C(=N/NC(=O)CSc1ccccc1)c1ccccc1. The maximum Gasteiger partial charge on any atom is 0.250 e. The lowest BCUT2D eigenvalue weighted by atomic mass is 10.1. The average molecular weight is 284 g/mol. The number of carbonyl (C=O) groups excluding carboxylic acids is 1. The molecule has 0 spiro atoms. The van der Waals surface area contributed by atoms with Crippen molar-refractivity contribution in [1.82, 2.24) is 5.43 Å². The number of hydrogen-bond donors (Lipinski definition) is 1. The maximum atomic E-state index is 11.7. The van der Waals surface area contributed by atoms with E-state index in [-0.39, 0.29) is 5.91 Å². The first kappa shape index (κ1) is 14.3. The lowest BCUT2D eigenvalue weighted by Gasteiger charge is -2.03. The van der Waals surface area contributed by atoms with Gasteiger partial charge in [-0.2, -0.15) is 5.10 Å². The largest absolute Gasteiger partial charge is 0.272 e. The van der Waals surface area contributed by atoms with Crippen molar-refractivity contribution in [2.45, 2.75) is 11.8 Å². The molecule has 0 aromatic heterocycles. The molecular formula is C16H16N2OS. The third-order valence-electron chi connectivity index (χ3n) is 2.65. The van der Waals surface area contributed by atoms with Gasteiger partial charge in [0.1, 0.15) is 0 Å². The number of carbonyl (C=O) groups is 1. The summed E-state index contributed by atoms with van der Waals surface area (Å²) in [6.45, 7) is 1.87. The van der Waals surface area contributed by atoms with Crippen LogP contribution in [0, 0.1) is 0 Å². The summed E-state index contributed by atoms with van der Waals surface area (Å²) >= 11 is 1.49. The van der Waals surface area contributed by atoms with Gasteiger partial charge < -0.3 is 0 Å². The number of nitrogens with one attached hydrogen (secondary N) is 1. The van der Waals surface area contributed by atoms with Crippen molar-refractivity contribution in [2.24, 2.45) is 5.10 Å². The van der Waals surface area contributed by atoms with E-state index in [2.05, 4.69) is 10.5 Å². The second-order valence-electron chi connectivity index (χ2n) is 4.20. The van der Waals surface area contributed by atoms with Gasteiger partial charge in [0.05, 0.1) is 11.5 Å². The molecule has 4 heteroatoms. The Bertz CT molecular complexity index is 582. The highest BCUT2D eigenvalue weighted by Crippen LogP contribution is 2.16. The van der Waals surface area contributed by atoms with Crippen molar-refractivity contribution in [1.29, 1.82) is 0 Å². The van der Waals surface area contributed by atoms with Crippen molar-refractivity contribution in [3.05, 3.63) is 66.2 Å². The fourth-order valence-corrected chi connectivity index (χ4v) is 2.30. The van der Waals surface area contributed by atoms with Crippen LogP contribution in [0.2, 0.25) is 0 Å². The molecular weight excluding hydrogens is 268 g/mol. The molecule has 0 radical (unpaired) electrons. The van der Waals surface area contributed by atoms with Crippen LogP contribution >= 0.6 is 11.8 Å². The van der Waals surface area contributed by atoms with Crippen LogP contribution < -0.4 is 5.43 Å². The molecule has 20 heavy (non-hydrogen) atoms. The smallest absolute Gasteiger partial charge is 0.250 e. The number of amides is 1. The van der Waals surface area contributed by atoms with Crippen LogP contribution in [0.1, 0.15) is 12.5 Å². The van der Waals surface area contributed by atoms with Crippen molar-refractivity contribution < 1.29 is 4.79 Å². The van der Waals surface area contributed by atoms with Gasteiger partial charge in [-0.3, -0.25) is 4.79 Å². The quantitative estimate of drug-likeness (QED) is 0.520. The van der Waals surface area contributed by atoms with Gasteiger partial charge in [0.15, 0.2) is 0 Å². The van der Waals surface area contributed by atoms with Crippen LogP contribution in [-0.4, -0.2) is 17.4 Å². The van der Waals surface area contributed by atoms with Crippen molar-refractivity contribution in [3.8, 4) is 0 Å². The Morgan fingerprint density at radius 2 is 1.65 bits per heavy atom. The number of nitrogens with zero attached hydrogens (tertiary/aromatic N) is 1. The van der Waals surface area contributed by atoms with E-state index >= 15 is 0 Å². The third-order valence-corrected chi connectivity index (χ3v) is 3.67. The first-order valence-corrected chi connectivity index (χ1v) is 7.30. The Morgan fingerprint density at radius 3 is 2.30 bits per heavy atom. The number of rotatable bonds is 5. The van der Waals surface area contributed by atoms with E-state index in [0.717, 1.165) is 16.2 Å². The fraction of sp³-hybridized carbons (Fsp3) is 0.125. The van der Waals surface area contributed by atoms with E-state index in [1.54, 1.807) is 0 Å². The molecule has 0 heterocycles. The van der Waals surface area contributed by atoms with Crippen LogP contribution in [0.3, 0.4) is 0 Å². The van der Waals surface area contributed by atoms with E-state index < -0.39 is 0 Å². The molecule has 1 N–H and O–H groups in total. The third kappa shape index (κ3) is 4.55. The topological polar surface area (TPSA) is 41.5 Å². The highest BCUT2D eigenvalue weighted by molar-refractivity contribution is 8.00. The maximum absolute atomic E-state index is 11.7. The van der Waals surface area contributed by atoms with Gasteiger partial charge in [-0.05, 0) is 24.6 Å². The van der Waals surface area contributed by atoms with Gasteiger partial charge in [0, 0.05) is 4.90 Å². The molecule has 0 aliphatic heterocycles. The van der Waals surface area contributed by atoms with E-state index in [0.29, 0.717) is 5.75 Å². The Balaban J connectivity index is 1.83. The van der Waals surface area contributed by atoms with Crippen LogP contribution in [-0.2, 0) is 4.79 Å². The molecule has 1 amide bonds. The number of hydrogen-bond acceptors (Lipinski definition) is 3. The van der Waals surface area contributed by atoms with E-state index in [1.165, 1.54) is 11.8 Å². The van der Waals surface area contributed by atoms with Crippen molar-refractivity contribution in [2.75, 3.05) is 5.75 Å². The lowest BCUT2D eigenvalue weighted by Crippen LogP contribution is -2.21. The highest BCUT2D eigenvalue weighted by Gasteiger charge is 2.02. The van der Waals surface area contributed by atoms with Gasteiger partial charge in [0.25, 0.3) is 0 Å². The molecule has 2 aromatic carbocycles. The normalized spacial score (nSPS) is 11.2. The minimum absolute atomic E-state index is 0.103. The molecule has 0 aliphatic carbocycles. The van der Waals surface area contributed by atoms with Crippen LogP contribution in [0.4, 0.5) is 0 Å². The number of thioether (sulfide) groups is 1. The number of benzene rings is 2. The molecule has 0 atom stereocenters. The molecule has 0 bridgehead atoms. The Labute approximate surface area is 123 Å². The first-order chi connectivity index (χ1) is 9.75. The molecule has 0 unspecified atom stereocenters. The van der Waals surface area contributed by atoms with Gasteiger partial charge in [-0.1, -0.05) is 48.5 Å². The average Bonchev–Trinajstić information content (AvgIpc) is 2.52. The molecule has 0 saturated carbocycles. The van der Waals surface area contributed by atoms with Gasteiger partial charge >= 0.3 is 0 Å².